The van der Waals surface area contributed by atoms with E-state index in [0.29, 0.717) is 6.61 Å². The van der Waals surface area contributed by atoms with Gasteiger partial charge in [0.2, 0.25) is 0 Å². The van der Waals surface area contributed by atoms with Crippen LogP contribution in [0, 0.1) is 0 Å². The summed E-state index contributed by atoms with van der Waals surface area (Å²) in [4.78, 5) is 0. The molecule has 0 atom stereocenters. The van der Waals surface area contributed by atoms with E-state index >= 15 is 0 Å². The van der Waals surface area contributed by atoms with Gasteiger partial charge >= 0.3 is 174 Å². The molecular weight excluding hydrogens is 447 g/mol. The first kappa shape index (κ1) is 20.7. The Bertz CT molecular complexity index is 760. The van der Waals surface area contributed by atoms with Gasteiger partial charge in [0, 0.05) is 0 Å². The molecule has 0 saturated heterocycles. The van der Waals surface area contributed by atoms with Gasteiger partial charge in [-0.15, -0.1) is 0 Å². The minimum atomic E-state index is -3.43. The first-order valence-corrected chi connectivity index (χ1v) is 16.0. The number of allylic oxidation sites excluding steroid dienone is 1. The fourth-order valence-corrected chi connectivity index (χ4v) is 18.3. The van der Waals surface area contributed by atoms with Crippen LogP contribution >= 0.6 is 0 Å². The topological polar surface area (TPSA) is 9.23 Å². The molecule has 0 aliphatic heterocycles. The summed E-state index contributed by atoms with van der Waals surface area (Å²) in [7, 11) is 0. The summed E-state index contributed by atoms with van der Waals surface area (Å²) in [6, 6.07) is 33.5. The van der Waals surface area contributed by atoms with Crippen molar-refractivity contribution < 1.29 is 4.74 Å². The number of hydrogen-bond donors (Lipinski definition) is 0. The predicted octanol–water partition coefficient (Wildman–Crippen LogP) is 4.81. The molecule has 0 aliphatic rings. The summed E-state index contributed by atoms with van der Waals surface area (Å²) in [6.45, 7) is 5.04. The second-order valence-corrected chi connectivity index (χ2v) is 18.1. The molecule has 0 aliphatic carbocycles. The van der Waals surface area contributed by atoms with Gasteiger partial charge in [-0.25, -0.2) is 0 Å². The van der Waals surface area contributed by atoms with Crippen molar-refractivity contribution in [3.8, 4) is 0 Å². The summed E-state index contributed by atoms with van der Waals surface area (Å²) in [6.07, 6.45) is 5.57. The third kappa shape index (κ3) is 4.35. The van der Waals surface area contributed by atoms with Crippen LogP contribution in [0.15, 0.2) is 101 Å². The molecule has 0 radical (unpaired) electrons. The van der Waals surface area contributed by atoms with E-state index in [1.807, 2.05) is 0 Å². The predicted molar refractivity (Wildman–Crippen MR) is 123 cm³/mol. The maximum absolute atomic E-state index is 5.95. The normalized spacial score (nSPS) is 12.0. The summed E-state index contributed by atoms with van der Waals surface area (Å²) in [5.41, 5.74) is 0. The molecule has 3 aromatic carbocycles. The number of hydrogen-bond acceptors (Lipinski definition) is 1. The van der Waals surface area contributed by atoms with Gasteiger partial charge in [-0.3, -0.25) is 0 Å². The van der Waals surface area contributed by atoms with E-state index < -0.39 is 18.4 Å². The van der Waals surface area contributed by atoms with Gasteiger partial charge in [-0.2, -0.15) is 0 Å². The Labute approximate surface area is 174 Å². The van der Waals surface area contributed by atoms with Gasteiger partial charge in [-0.1, -0.05) is 0 Å². The molecule has 0 bridgehead atoms. The molecule has 1 nitrogen and oxygen atoms in total. The molecule has 144 valence electrons. The van der Waals surface area contributed by atoms with E-state index in [1.54, 1.807) is 0 Å². The van der Waals surface area contributed by atoms with Crippen LogP contribution in [0.25, 0.3) is 0 Å². The Morgan fingerprint density at radius 2 is 1.14 bits per heavy atom. The van der Waals surface area contributed by atoms with Gasteiger partial charge in [0.1, 0.15) is 0 Å². The van der Waals surface area contributed by atoms with Crippen LogP contribution in [-0.2, 0) is 4.74 Å². The zero-order valence-corrected chi connectivity index (χ0v) is 19.8. The van der Waals surface area contributed by atoms with Gasteiger partial charge < -0.3 is 0 Å². The van der Waals surface area contributed by atoms with Gasteiger partial charge in [-0.05, 0) is 0 Å². The molecule has 0 unspecified atom stereocenters. The second kappa shape index (κ2) is 10.5. The molecule has 0 heterocycles. The van der Waals surface area contributed by atoms with Crippen molar-refractivity contribution in [3.63, 3.8) is 0 Å². The molecule has 3 rings (SSSR count). The molecule has 2 heteroatoms. The molecule has 28 heavy (non-hydrogen) atoms. The third-order valence-electron chi connectivity index (χ3n) is 5.29. The van der Waals surface area contributed by atoms with Gasteiger partial charge in [0.15, 0.2) is 0 Å². The van der Waals surface area contributed by atoms with Crippen LogP contribution in [0.5, 0.6) is 0 Å². The summed E-state index contributed by atoms with van der Waals surface area (Å²) in [5.74, 6) is 0. The summed E-state index contributed by atoms with van der Waals surface area (Å²) in [5, 5.41) is 0. The van der Waals surface area contributed by atoms with E-state index in [2.05, 4.69) is 111 Å². The standard InChI is InChI=1S/C8H15O.3C6H5.Sn/c1-3-5-6-7-8-9-4-2;3*1-2-4-6-5-3-1;/h8H,3-6H2,1-2H3;3*1-5H;. The van der Waals surface area contributed by atoms with Crippen molar-refractivity contribution in [2.75, 3.05) is 6.61 Å². The van der Waals surface area contributed by atoms with Crippen molar-refractivity contribution >= 4 is 29.1 Å². The molecule has 0 fully saturated rings. The average molecular weight is 477 g/mol. The molecule has 0 saturated carbocycles. The Morgan fingerprint density at radius 1 is 0.714 bits per heavy atom. The van der Waals surface area contributed by atoms with Gasteiger partial charge in [0.25, 0.3) is 0 Å². The van der Waals surface area contributed by atoms with E-state index in [0.717, 1.165) is 6.42 Å². The zero-order valence-electron chi connectivity index (χ0n) is 17.0. The first-order valence-electron chi connectivity index (χ1n) is 10.3. The van der Waals surface area contributed by atoms with Crippen molar-refractivity contribution in [1.29, 1.82) is 0 Å². The molecule has 0 aromatic heterocycles. The number of unbranched alkanes of at least 4 members (excludes halogenated alkanes) is 1. The zero-order chi connectivity index (χ0) is 19.7. The SMILES string of the molecule is CCCC/[C](=C/OCC)[Sn]([c]1ccccc1)([c]1ccccc1)[c]1ccccc1. The molecule has 0 amide bonds. The van der Waals surface area contributed by atoms with Crippen LogP contribution in [0.3, 0.4) is 0 Å². The summed E-state index contributed by atoms with van der Waals surface area (Å²) >= 11 is -3.43. The van der Waals surface area contributed by atoms with E-state index in [1.165, 1.54) is 27.2 Å². The van der Waals surface area contributed by atoms with Crippen molar-refractivity contribution in [3.05, 3.63) is 101 Å². The molecule has 0 spiro atoms. The average Bonchev–Trinajstić information content (AvgIpc) is 2.78. The van der Waals surface area contributed by atoms with Crippen molar-refractivity contribution in [2.24, 2.45) is 0 Å². The third-order valence-corrected chi connectivity index (χ3v) is 19.4. The summed E-state index contributed by atoms with van der Waals surface area (Å²) < 4.78 is 11.9. The van der Waals surface area contributed by atoms with Crippen LogP contribution in [0.4, 0.5) is 0 Å². The molecule has 0 N–H and O–H groups in total. The number of benzene rings is 3. The van der Waals surface area contributed by atoms with Crippen LogP contribution in [0.2, 0.25) is 0 Å². The quantitative estimate of drug-likeness (QED) is 0.318. The Kier molecular flexibility index (Phi) is 7.79. The second-order valence-electron chi connectivity index (χ2n) is 7.05. The Hall–Kier alpha value is -2.00. The maximum atomic E-state index is 5.95. The van der Waals surface area contributed by atoms with Gasteiger partial charge in [0.05, 0.1) is 0 Å². The number of rotatable bonds is 9. The van der Waals surface area contributed by atoms with Crippen LogP contribution in [0.1, 0.15) is 33.1 Å². The fourth-order valence-electron chi connectivity index (χ4n) is 4.01. The van der Waals surface area contributed by atoms with Crippen LogP contribution in [-0.4, -0.2) is 25.0 Å². The minimum absolute atomic E-state index is 0.704. The van der Waals surface area contributed by atoms with E-state index in [4.69, 9.17) is 4.74 Å². The van der Waals surface area contributed by atoms with Crippen molar-refractivity contribution in [2.45, 2.75) is 33.1 Å². The van der Waals surface area contributed by atoms with Crippen molar-refractivity contribution in [1.82, 2.24) is 0 Å². The Balaban J connectivity index is 2.36. The van der Waals surface area contributed by atoms with Crippen LogP contribution < -0.4 is 10.7 Å². The number of ether oxygens (including phenoxy) is 1. The fraction of sp³-hybridized carbons (Fsp3) is 0.231. The first-order chi connectivity index (χ1) is 13.8. The molecule has 3 aromatic rings. The van der Waals surface area contributed by atoms with E-state index in [9.17, 15) is 0 Å². The monoisotopic (exact) mass is 478 g/mol. The van der Waals surface area contributed by atoms with E-state index in [-0.39, 0.29) is 0 Å². The Morgan fingerprint density at radius 3 is 1.50 bits per heavy atom. The molecular formula is C26H30OSn.